The van der Waals surface area contributed by atoms with Crippen molar-refractivity contribution in [1.29, 1.82) is 0 Å². The molecule has 0 radical (unpaired) electrons. The number of hydrogen-bond donors (Lipinski definition) is 1. The Labute approximate surface area is 160 Å². The van der Waals surface area contributed by atoms with Gasteiger partial charge in [0.15, 0.2) is 11.5 Å². The summed E-state index contributed by atoms with van der Waals surface area (Å²) in [6.07, 6.45) is 0. The zero-order valence-corrected chi connectivity index (χ0v) is 16.0. The molecular formula is C20H26ClFN2O2. The summed E-state index contributed by atoms with van der Waals surface area (Å²) in [6, 6.07) is 12.9. The number of ether oxygens (including phenoxy) is 2. The number of benzene rings is 2. The lowest BCUT2D eigenvalue weighted by Crippen LogP contribution is -2.48. The summed E-state index contributed by atoms with van der Waals surface area (Å²) in [5, 5.41) is 3.46. The molecule has 0 aromatic heterocycles. The van der Waals surface area contributed by atoms with Gasteiger partial charge in [-0.15, -0.1) is 12.4 Å². The minimum atomic E-state index is -0.243. The summed E-state index contributed by atoms with van der Waals surface area (Å²) < 4.78 is 24.3. The molecule has 26 heavy (non-hydrogen) atoms. The van der Waals surface area contributed by atoms with Gasteiger partial charge >= 0.3 is 0 Å². The molecule has 0 amide bonds. The Morgan fingerprint density at radius 1 is 1.12 bits per heavy atom. The van der Waals surface area contributed by atoms with E-state index in [4.69, 9.17) is 9.47 Å². The smallest absolute Gasteiger partial charge is 0.161 e. The maximum absolute atomic E-state index is 13.0. The average molecular weight is 381 g/mol. The zero-order valence-electron chi connectivity index (χ0n) is 15.2. The molecule has 0 bridgehead atoms. The van der Waals surface area contributed by atoms with Gasteiger partial charge in [0.2, 0.25) is 0 Å². The average Bonchev–Trinajstić information content (AvgIpc) is 2.62. The van der Waals surface area contributed by atoms with E-state index in [2.05, 4.69) is 23.2 Å². The van der Waals surface area contributed by atoms with Crippen molar-refractivity contribution in [2.24, 2.45) is 0 Å². The van der Waals surface area contributed by atoms with Gasteiger partial charge in [0.05, 0.1) is 7.11 Å². The first-order chi connectivity index (χ1) is 12.1. The van der Waals surface area contributed by atoms with Gasteiger partial charge in [-0.2, -0.15) is 0 Å². The summed E-state index contributed by atoms with van der Waals surface area (Å²) in [5.41, 5.74) is 2.13. The molecule has 2 aromatic carbocycles. The van der Waals surface area contributed by atoms with Crippen LogP contribution in [0, 0.1) is 5.82 Å². The predicted octanol–water partition coefficient (Wildman–Crippen LogP) is 3.63. The maximum atomic E-state index is 13.0. The highest BCUT2D eigenvalue weighted by atomic mass is 35.5. The van der Waals surface area contributed by atoms with Crippen LogP contribution in [0.15, 0.2) is 42.5 Å². The molecule has 4 nitrogen and oxygen atoms in total. The molecule has 1 heterocycles. The number of piperazine rings is 1. The molecule has 1 N–H and O–H groups in total. The second kappa shape index (κ2) is 9.76. The number of halogens is 2. The summed E-state index contributed by atoms with van der Waals surface area (Å²) in [6.45, 7) is 6.61. The largest absolute Gasteiger partial charge is 0.493 e. The Bertz CT molecular complexity index is 697. The van der Waals surface area contributed by atoms with E-state index in [-0.39, 0.29) is 18.2 Å². The summed E-state index contributed by atoms with van der Waals surface area (Å²) in [7, 11) is 1.65. The number of nitrogens with zero attached hydrogens (tertiary/aromatic N) is 1. The van der Waals surface area contributed by atoms with Gasteiger partial charge in [0.1, 0.15) is 12.4 Å². The molecule has 0 aliphatic carbocycles. The van der Waals surface area contributed by atoms with Crippen LogP contribution in [-0.2, 0) is 13.2 Å². The first-order valence-corrected chi connectivity index (χ1v) is 8.64. The molecule has 1 unspecified atom stereocenters. The van der Waals surface area contributed by atoms with Gasteiger partial charge in [0, 0.05) is 32.2 Å². The Morgan fingerprint density at radius 3 is 2.54 bits per heavy atom. The van der Waals surface area contributed by atoms with Crippen LogP contribution in [0.5, 0.6) is 11.5 Å². The van der Waals surface area contributed by atoms with E-state index < -0.39 is 0 Å². The molecule has 0 spiro atoms. The molecule has 1 atom stereocenters. The van der Waals surface area contributed by atoms with Gasteiger partial charge < -0.3 is 14.8 Å². The Balaban J connectivity index is 0.00000243. The molecule has 142 valence electrons. The lowest BCUT2D eigenvalue weighted by atomic mass is 10.1. The fourth-order valence-electron chi connectivity index (χ4n) is 3.09. The molecule has 2 aromatic rings. The first-order valence-electron chi connectivity index (χ1n) is 8.64. The molecular weight excluding hydrogens is 355 g/mol. The van der Waals surface area contributed by atoms with Crippen molar-refractivity contribution in [3.63, 3.8) is 0 Å². The molecule has 1 saturated heterocycles. The van der Waals surface area contributed by atoms with Crippen LogP contribution in [0.2, 0.25) is 0 Å². The van der Waals surface area contributed by atoms with E-state index in [1.165, 1.54) is 17.7 Å². The van der Waals surface area contributed by atoms with E-state index >= 15 is 0 Å². The van der Waals surface area contributed by atoms with Crippen LogP contribution in [0.4, 0.5) is 4.39 Å². The molecule has 3 rings (SSSR count). The van der Waals surface area contributed by atoms with Crippen molar-refractivity contribution in [1.82, 2.24) is 10.2 Å². The van der Waals surface area contributed by atoms with Crippen LogP contribution in [-0.4, -0.2) is 37.7 Å². The highest BCUT2D eigenvalue weighted by Gasteiger charge is 2.16. The van der Waals surface area contributed by atoms with Crippen LogP contribution < -0.4 is 14.8 Å². The van der Waals surface area contributed by atoms with E-state index in [0.717, 1.165) is 37.5 Å². The fraction of sp³-hybridized carbons (Fsp3) is 0.400. The second-order valence-electron chi connectivity index (χ2n) is 6.49. The van der Waals surface area contributed by atoms with Crippen LogP contribution in [0.3, 0.4) is 0 Å². The molecule has 6 heteroatoms. The fourth-order valence-corrected chi connectivity index (χ4v) is 3.09. The minimum Gasteiger partial charge on any atom is -0.493 e. The third kappa shape index (κ3) is 5.59. The summed E-state index contributed by atoms with van der Waals surface area (Å²) >= 11 is 0. The zero-order chi connectivity index (χ0) is 17.6. The Morgan fingerprint density at radius 2 is 1.85 bits per heavy atom. The van der Waals surface area contributed by atoms with Gasteiger partial charge in [-0.3, -0.25) is 4.90 Å². The van der Waals surface area contributed by atoms with Gasteiger partial charge in [-0.25, -0.2) is 4.39 Å². The molecule has 1 aliphatic heterocycles. The molecule has 0 saturated carbocycles. The highest BCUT2D eigenvalue weighted by Crippen LogP contribution is 2.29. The molecule has 1 fully saturated rings. The first kappa shape index (κ1) is 20.5. The number of hydrogen-bond acceptors (Lipinski definition) is 4. The Kier molecular flexibility index (Phi) is 7.69. The lowest BCUT2D eigenvalue weighted by molar-refractivity contribution is 0.199. The number of nitrogens with one attached hydrogen (secondary N) is 1. The van der Waals surface area contributed by atoms with Crippen molar-refractivity contribution >= 4 is 12.4 Å². The quantitative estimate of drug-likeness (QED) is 0.829. The standard InChI is InChI=1S/C20H25FN2O2.ClH/c1-15-12-23(10-9-22-15)13-17-5-8-19(20(11-17)24-2)25-14-16-3-6-18(21)7-4-16;/h3-8,11,15,22H,9-10,12-14H2,1-2H3;1H. The normalized spacial score (nSPS) is 17.4. The van der Waals surface area contributed by atoms with Crippen LogP contribution in [0.25, 0.3) is 0 Å². The van der Waals surface area contributed by atoms with E-state index in [1.54, 1.807) is 19.2 Å². The van der Waals surface area contributed by atoms with E-state index in [9.17, 15) is 4.39 Å². The third-order valence-electron chi connectivity index (χ3n) is 4.39. The van der Waals surface area contributed by atoms with E-state index in [0.29, 0.717) is 18.4 Å². The maximum Gasteiger partial charge on any atom is 0.161 e. The predicted molar refractivity (Wildman–Crippen MR) is 104 cm³/mol. The number of rotatable bonds is 6. The lowest BCUT2D eigenvalue weighted by Gasteiger charge is -2.31. The SMILES string of the molecule is COc1cc(CN2CCNC(C)C2)ccc1OCc1ccc(F)cc1.Cl. The highest BCUT2D eigenvalue weighted by molar-refractivity contribution is 5.85. The summed E-state index contributed by atoms with van der Waals surface area (Å²) in [4.78, 5) is 2.44. The third-order valence-corrected chi connectivity index (χ3v) is 4.39. The van der Waals surface area contributed by atoms with Gasteiger partial charge in [-0.05, 0) is 42.3 Å². The second-order valence-corrected chi connectivity index (χ2v) is 6.49. The van der Waals surface area contributed by atoms with E-state index in [1.807, 2.05) is 12.1 Å². The van der Waals surface area contributed by atoms with Crippen molar-refractivity contribution in [3.8, 4) is 11.5 Å². The van der Waals surface area contributed by atoms with Crippen molar-refractivity contribution in [2.45, 2.75) is 26.1 Å². The monoisotopic (exact) mass is 380 g/mol. The topological polar surface area (TPSA) is 33.7 Å². The van der Waals surface area contributed by atoms with Crippen LogP contribution in [0.1, 0.15) is 18.1 Å². The number of methoxy groups -OCH3 is 1. The van der Waals surface area contributed by atoms with Gasteiger partial charge in [0.25, 0.3) is 0 Å². The minimum absolute atomic E-state index is 0. The van der Waals surface area contributed by atoms with Gasteiger partial charge in [-0.1, -0.05) is 18.2 Å². The van der Waals surface area contributed by atoms with Crippen molar-refractivity contribution in [2.75, 3.05) is 26.7 Å². The molecule has 1 aliphatic rings. The summed E-state index contributed by atoms with van der Waals surface area (Å²) in [5.74, 6) is 1.18. The van der Waals surface area contributed by atoms with Crippen molar-refractivity contribution in [3.05, 3.63) is 59.4 Å². The Hall–Kier alpha value is -1.82. The van der Waals surface area contributed by atoms with Crippen LogP contribution >= 0.6 is 12.4 Å². The van der Waals surface area contributed by atoms with Crippen molar-refractivity contribution < 1.29 is 13.9 Å².